The Kier molecular flexibility index (Phi) is 3.97. The largest absolute Gasteiger partial charge is 0.314 e. The fourth-order valence-corrected chi connectivity index (χ4v) is 2.48. The van der Waals surface area contributed by atoms with Gasteiger partial charge in [-0.15, -0.1) is 0 Å². The first kappa shape index (κ1) is 13.4. The molecule has 0 amide bonds. The maximum Gasteiger partial charge on any atom is 0.141 e. The minimum Gasteiger partial charge on any atom is -0.314 e. The summed E-state index contributed by atoms with van der Waals surface area (Å²) in [6.45, 7) is 6.52. The second-order valence-corrected chi connectivity index (χ2v) is 5.42. The summed E-state index contributed by atoms with van der Waals surface area (Å²) in [5, 5.41) is 3.40. The Hall–Kier alpha value is -1.00. The van der Waals surface area contributed by atoms with Gasteiger partial charge in [-0.2, -0.15) is 0 Å². The first-order chi connectivity index (χ1) is 8.54. The lowest BCUT2D eigenvalue weighted by Crippen LogP contribution is -2.50. The lowest BCUT2D eigenvalue weighted by molar-refractivity contribution is 0.115. The van der Waals surface area contributed by atoms with Crippen LogP contribution < -0.4 is 5.32 Å². The number of pyridine rings is 1. The molecule has 1 aliphatic rings. The van der Waals surface area contributed by atoms with Gasteiger partial charge in [-0.25, -0.2) is 4.39 Å². The number of hydrogen-bond acceptors (Lipinski definition) is 3. The Labute approximate surface area is 108 Å². The molecule has 1 aromatic heterocycles. The van der Waals surface area contributed by atoms with Gasteiger partial charge in [-0.3, -0.25) is 9.88 Å². The van der Waals surface area contributed by atoms with Crippen molar-refractivity contribution in [3.05, 3.63) is 29.8 Å². The average Bonchev–Trinajstić information content (AvgIpc) is 2.40. The normalized spacial score (nSPS) is 21.8. The Morgan fingerprint density at radius 3 is 2.56 bits per heavy atom. The molecular weight excluding hydrogens is 229 g/mol. The van der Waals surface area contributed by atoms with Gasteiger partial charge in [0.25, 0.3) is 0 Å². The van der Waals surface area contributed by atoms with Gasteiger partial charge in [-0.05, 0) is 45.9 Å². The smallest absolute Gasteiger partial charge is 0.141 e. The zero-order valence-corrected chi connectivity index (χ0v) is 11.4. The van der Waals surface area contributed by atoms with Crippen LogP contribution in [0.4, 0.5) is 4.39 Å². The Morgan fingerprint density at radius 1 is 1.39 bits per heavy atom. The van der Waals surface area contributed by atoms with Crippen molar-refractivity contribution in [2.75, 3.05) is 20.1 Å². The van der Waals surface area contributed by atoms with E-state index in [0.29, 0.717) is 0 Å². The number of likely N-dealkylation sites (tertiary alicyclic amines) is 1. The molecule has 1 aliphatic heterocycles. The number of halogens is 1. The van der Waals surface area contributed by atoms with Crippen LogP contribution in [-0.4, -0.2) is 35.6 Å². The number of nitrogens with zero attached hydrogens (tertiary/aromatic N) is 2. The van der Waals surface area contributed by atoms with E-state index in [4.69, 9.17) is 0 Å². The van der Waals surface area contributed by atoms with E-state index in [2.05, 4.69) is 29.0 Å². The molecule has 3 nitrogen and oxygen atoms in total. The summed E-state index contributed by atoms with van der Waals surface area (Å²) in [5.74, 6) is -0.271. The fraction of sp³-hybridized carbons (Fsp3) is 0.643. The van der Waals surface area contributed by atoms with Crippen molar-refractivity contribution >= 4 is 0 Å². The van der Waals surface area contributed by atoms with E-state index in [1.165, 1.54) is 12.3 Å². The van der Waals surface area contributed by atoms with Gasteiger partial charge in [-0.1, -0.05) is 0 Å². The van der Waals surface area contributed by atoms with Crippen molar-refractivity contribution in [3.8, 4) is 0 Å². The quantitative estimate of drug-likeness (QED) is 0.894. The third-order valence-corrected chi connectivity index (χ3v) is 4.23. The molecule has 2 heterocycles. The van der Waals surface area contributed by atoms with Crippen molar-refractivity contribution in [2.24, 2.45) is 0 Å². The summed E-state index contributed by atoms with van der Waals surface area (Å²) in [6, 6.07) is 3.53. The Bertz CT molecular complexity index is 383. The zero-order valence-electron chi connectivity index (χ0n) is 11.4. The van der Waals surface area contributed by atoms with E-state index >= 15 is 0 Å². The van der Waals surface area contributed by atoms with Crippen LogP contribution in [0.5, 0.6) is 0 Å². The number of aromatic nitrogens is 1. The van der Waals surface area contributed by atoms with E-state index in [1.54, 1.807) is 6.07 Å². The van der Waals surface area contributed by atoms with Crippen LogP contribution >= 0.6 is 0 Å². The highest BCUT2D eigenvalue weighted by Gasteiger charge is 2.30. The summed E-state index contributed by atoms with van der Waals surface area (Å²) in [5.41, 5.74) is 1.20. The molecule has 100 valence electrons. The molecule has 1 N–H and O–H groups in total. The minimum absolute atomic E-state index is 0.256. The second kappa shape index (κ2) is 5.33. The highest BCUT2D eigenvalue weighted by Crippen LogP contribution is 2.27. The molecular formula is C14H22FN3. The summed E-state index contributed by atoms with van der Waals surface area (Å²) < 4.78 is 12.9. The highest BCUT2D eigenvalue weighted by atomic mass is 19.1. The SMILES string of the molecule is CNC1(C)CCN(C(C)c2ccc(F)cn2)CC1. The maximum absolute atomic E-state index is 12.9. The molecule has 0 bridgehead atoms. The molecule has 0 aliphatic carbocycles. The van der Waals surface area contributed by atoms with Crippen LogP contribution in [0.3, 0.4) is 0 Å². The van der Waals surface area contributed by atoms with Crippen LogP contribution in [-0.2, 0) is 0 Å². The molecule has 4 heteroatoms. The zero-order chi connectivity index (χ0) is 13.2. The molecule has 18 heavy (non-hydrogen) atoms. The lowest BCUT2D eigenvalue weighted by atomic mass is 9.89. The van der Waals surface area contributed by atoms with Gasteiger partial charge in [0.2, 0.25) is 0 Å². The first-order valence-corrected chi connectivity index (χ1v) is 6.58. The van der Waals surface area contributed by atoms with Crippen molar-refractivity contribution < 1.29 is 4.39 Å². The third kappa shape index (κ3) is 2.87. The van der Waals surface area contributed by atoms with Crippen LogP contribution in [0.1, 0.15) is 38.4 Å². The lowest BCUT2D eigenvalue weighted by Gasteiger charge is -2.41. The second-order valence-electron chi connectivity index (χ2n) is 5.42. The summed E-state index contributed by atoms with van der Waals surface area (Å²) in [6.07, 6.45) is 3.57. The molecule has 1 atom stereocenters. The number of rotatable bonds is 3. The van der Waals surface area contributed by atoms with Crippen molar-refractivity contribution in [3.63, 3.8) is 0 Å². The topological polar surface area (TPSA) is 28.2 Å². The molecule has 0 saturated carbocycles. The third-order valence-electron chi connectivity index (χ3n) is 4.23. The fourth-order valence-electron chi connectivity index (χ4n) is 2.48. The van der Waals surface area contributed by atoms with E-state index in [9.17, 15) is 4.39 Å². The Morgan fingerprint density at radius 2 is 2.06 bits per heavy atom. The summed E-state index contributed by atoms with van der Waals surface area (Å²) >= 11 is 0. The summed E-state index contributed by atoms with van der Waals surface area (Å²) in [7, 11) is 2.03. The first-order valence-electron chi connectivity index (χ1n) is 6.58. The number of hydrogen-bond donors (Lipinski definition) is 1. The van der Waals surface area contributed by atoms with Crippen LogP contribution in [0.2, 0.25) is 0 Å². The molecule has 1 unspecified atom stereocenters. The van der Waals surface area contributed by atoms with Crippen LogP contribution in [0.25, 0.3) is 0 Å². The van der Waals surface area contributed by atoms with Gasteiger partial charge in [0, 0.05) is 24.7 Å². The van der Waals surface area contributed by atoms with Crippen molar-refractivity contribution in [1.29, 1.82) is 0 Å². The molecule has 2 rings (SSSR count). The van der Waals surface area contributed by atoms with Crippen LogP contribution in [0, 0.1) is 5.82 Å². The van der Waals surface area contributed by atoms with E-state index < -0.39 is 0 Å². The average molecular weight is 251 g/mol. The monoisotopic (exact) mass is 251 g/mol. The predicted molar refractivity (Wildman–Crippen MR) is 70.9 cm³/mol. The van der Waals surface area contributed by atoms with E-state index in [-0.39, 0.29) is 17.4 Å². The van der Waals surface area contributed by atoms with Gasteiger partial charge >= 0.3 is 0 Å². The van der Waals surface area contributed by atoms with Crippen molar-refractivity contribution in [2.45, 2.75) is 38.3 Å². The van der Waals surface area contributed by atoms with Gasteiger partial charge in [0.05, 0.1) is 11.9 Å². The molecule has 0 spiro atoms. The van der Waals surface area contributed by atoms with E-state index in [1.807, 2.05) is 7.05 Å². The molecule has 0 aromatic carbocycles. The van der Waals surface area contributed by atoms with E-state index in [0.717, 1.165) is 31.6 Å². The standard InChI is InChI=1S/C14H22FN3/c1-11(13-5-4-12(15)10-17-13)18-8-6-14(2,16-3)7-9-18/h4-5,10-11,16H,6-9H2,1-3H3. The minimum atomic E-state index is -0.271. The van der Waals surface area contributed by atoms with Crippen LogP contribution in [0.15, 0.2) is 18.3 Å². The Balaban J connectivity index is 1.99. The molecule has 0 radical (unpaired) electrons. The molecule has 1 aromatic rings. The summed E-state index contributed by atoms with van der Waals surface area (Å²) in [4.78, 5) is 6.59. The van der Waals surface area contributed by atoms with Gasteiger partial charge in [0.15, 0.2) is 0 Å². The van der Waals surface area contributed by atoms with Gasteiger partial charge in [0.1, 0.15) is 5.82 Å². The number of nitrogens with one attached hydrogen (secondary N) is 1. The maximum atomic E-state index is 12.9. The van der Waals surface area contributed by atoms with Gasteiger partial charge < -0.3 is 5.32 Å². The highest BCUT2D eigenvalue weighted by molar-refractivity contribution is 5.10. The predicted octanol–water partition coefficient (Wildman–Crippen LogP) is 2.36. The molecule has 1 saturated heterocycles. The van der Waals surface area contributed by atoms with Crippen molar-refractivity contribution in [1.82, 2.24) is 15.2 Å². The number of piperidine rings is 1. The molecule has 1 fully saturated rings.